The SMILES string of the molecule is CCN(CC)S(=O)(=O)c1ccc(=O)n(CC(=O)NC2(c3ccccc3)CCC2)c1. The van der Waals surface area contributed by atoms with E-state index in [1.54, 1.807) is 13.8 Å². The van der Waals surface area contributed by atoms with E-state index >= 15 is 0 Å². The number of amides is 1. The minimum absolute atomic E-state index is 0.00927. The Labute approximate surface area is 171 Å². The number of pyridine rings is 1. The average molecular weight is 418 g/mol. The van der Waals surface area contributed by atoms with Crippen molar-refractivity contribution >= 4 is 15.9 Å². The molecule has 1 heterocycles. The second-order valence-electron chi connectivity index (χ2n) is 7.27. The molecule has 156 valence electrons. The number of carbonyl (C=O) groups is 1. The maximum absolute atomic E-state index is 12.7. The summed E-state index contributed by atoms with van der Waals surface area (Å²) in [4.78, 5) is 25.0. The summed E-state index contributed by atoms with van der Waals surface area (Å²) in [5.74, 6) is -0.312. The highest BCUT2D eigenvalue weighted by Gasteiger charge is 2.39. The second kappa shape index (κ2) is 8.51. The van der Waals surface area contributed by atoms with Crippen LogP contribution in [0.2, 0.25) is 0 Å². The van der Waals surface area contributed by atoms with Gasteiger partial charge in [-0.3, -0.25) is 9.59 Å². The lowest BCUT2D eigenvalue weighted by Gasteiger charge is -2.43. The first-order valence-corrected chi connectivity index (χ1v) is 11.3. The van der Waals surface area contributed by atoms with Gasteiger partial charge in [-0.25, -0.2) is 8.42 Å². The number of nitrogens with zero attached hydrogens (tertiary/aromatic N) is 2. The molecule has 0 radical (unpaired) electrons. The van der Waals surface area contributed by atoms with Gasteiger partial charge in [0.1, 0.15) is 6.54 Å². The van der Waals surface area contributed by atoms with Gasteiger partial charge in [0.25, 0.3) is 5.56 Å². The molecule has 29 heavy (non-hydrogen) atoms. The molecule has 0 unspecified atom stereocenters. The highest BCUT2D eigenvalue weighted by molar-refractivity contribution is 7.89. The molecular formula is C21H27N3O4S. The molecule has 0 atom stereocenters. The monoisotopic (exact) mass is 417 g/mol. The van der Waals surface area contributed by atoms with Crippen LogP contribution in [-0.2, 0) is 26.9 Å². The number of aromatic nitrogens is 1. The summed E-state index contributed by atoms with van der Waals surface area (Å²) >= 11 is 0. The fraction of sp³-hybridized carbons (Fsp3) is 0.429. The molecular weight excluding hydrogens is 390 g/mol. The first-order chi connectivity index (χ1) is 13.8. The van der Waals surface area contributed by atoms with Crippen LogP contribution in [0.25, 0.3) is 0 Å². The van der Waals surface area contributed by atoms with Gasteiger partial charge in [-0.2, -0.15) is 4.31 Å². The highest BCUT2D eigenvalue weighted by atomic mass is 32.2. The zero-order valence-corrected chi connectivity index (χ0v) is 17.6. The van der Waals surface area contributed by atoms with Crippen molar-refractivity contribution in [1.29, 1.82) is 0 Å². The molecule has 1 aromatic heterocycles. The third kappa shape index (κ3) is 4.28. The van der Waals surface area contributed by atoms with Crippen molar-refractivity contribution < 1.29 is 13.2 Å². The van der Waals surface area contributed by atoms with Crippen molar-refractivity contribution in [3.63, 3.8) is 0 Å². The summed E-state index contributed by atoms with van der Waals surface area (Å²) in [6, 6.07) is 12.3. The summed E-state index contributed by atoms with van der Waals surface area (Å²) in [5, 5.41) is 3.07. The van der Waals surface area contributed by atoms with Crippen LogP contribution >= 0.6 is 0 Å². The van der Waals surface area contributed by atoms with Crippen molar-refractivity contribution in [2.24, 2.45) is 0 Å². The Balaban J connectivity index is 1.81. The lowest BCUT2D eigenvalue weighted by molar-refractivity contribution is -0.125. The topological polar surface area (TPSA) is 88.5 Å². The fourth-order valence-corrected chi connectivity index (χ4v) is 5.21. The molecule has 1 N–H and O–H groups in total. The van der Waals surface area contributed by atoms with E-state index in [1.807, 2.05) is 30.3 Å². The molecule has 0 saturated heterocycles. The van der Waals surface area contributed by atoms with E-state index < -0.39 is 21.1 Å². The molecule has 1 saturated carbocycles. The Morgan fingerprint density at radius 1 is 1.10 bits per heavy atom. The standard InChI is InChI=1S/C21H27N3O4S/c1-3-24(4-2)29(27,28)18-11-12-20(26)23(15-18)16-19(25)22-21(13-8-14-21)17-9-6-5-7-10-17/h5-7,9-12,15H,3-4,8,13-14,16H2,1-2H3,(H,22,25). The van der Waals surface area contributed by atoms with Gasteiger partial charge < -0.3 is 9.88 Å². The molecule has 1 amide bonds. The first-order valence-electron chi connectivity index (χ1n) is 9.89. The quantitative estimate of drug-likeness (QED) is 0.712. The van der Waals surface area contributed by atoms with Crippen LogP contribution in [0.3, 0.4) is 0 Å². The Hall–Kier alpha value is -2.45. The van der Waals surface area contributed by atoms with E-state index in [-0.39, 0.29) is 17.3 Å². The van der Waals surface area contributed by atoms with Crippen LogP contribution in [0.15, 0.2) is 58.4 Å². The van der Waals surface area contributed by atoms with Crippen LogP contribution < -0.4 is 10.9 Å². The van der Waals surface area contributed by atoms with Gasteiger partial charge in [-0.05, 0) is 30.9 Å². The predicted molar refractivity (Wildman–Crippen MR) is 111 cm³/mol. The van der Waals surface area contributed by atoms with Crippen molar-refractivity contribution in [3.8, 4) is 0 Å². The van der Waals surface area contributed by atoms with E-state index in [4.69, 9.17) is 0 Å². The third-order valence-corrected chi connectivity index (χ3v) is 7.56. The Kier molecular flexibility index (Phi) is 6.24. The van der Waals surface area contributed by atoms with Crippen molar-refractivity contribution in [1.82, 2.24) is 14.2 Å². The Morgan fingerprint density at radius 3 is 2.31 bits per heavy atom. The number of nitrogens with one attached hydrogen (secondary N) is 1. The van der Waals surface area contributed by atoms with Gasteiger partial charge in [-0.1, -0.05) is 44.2 Å². The van der Waals surface area contributed by atoms with Gasteiger partial charge >= 0.3 is 0 Å². The van der Waals surface area contributed by atoms with E-state index in [1.165, 1.54) is 22.6 Å². The molecule has 1 aliphatic rings. The summed E-state index contributed by atoms with van der Waals surface area (Å²) in [6.07, 6.45) is 3.96. The number of benzene rings is 1. The minimum atomic E-state index is -3.71. The van der Waals surface area contributed by atoms with E-state index in [2.05, 4.69) is 5.32 Å². The van der Waals surface area contributed by atoms with Crippen molar-refractivity contribution in [2.45, 2.75) is 50.1 Å². The van der Waals surface area contributed by atoms with E-state index in [0.29, 0.717) is 13.1 Å². The van der Waals surface area contributed by atoms with Gasteiger partial charge in [0.05, 0.1) is 10.4 Å². The maximum Gasteiger partial charge on any atom is 0.251 e. The Morgan fingerprint density at radius 2 is 1.76 bits per heavy atom. The zero-order chi connectivity index (χ0) is 21.1. The molecule has 1 aliphatic carbocycles. The predicted octanol–water partition coefficient (Wildman–Crippen LogP) is 2.07. The normalized spacial score (nSPS) is 15.7. The minimum Gasteiger partial charge on any atom is -0.345 e. The summed E-state index contributed by atoms with van der Waals surface area (Å²) in [5.41, 5.74) is 0.221. The van der Waals surface area contributed by atoms with Crippen LogP contribution in [0.5, 0.6) is 0 Å². The van der Waals surface area contributed by atoms with Crippen molar-refractivity contribution in [3.05, 3.63) is 64.6 Å². The van der Waals surface area contributed by atoms with Crippen LogP contribution in [0.4, 0.5) is 0 Å². The molecule has 0 aliphatic heterocycles. The van der Waals surface area contributed by atoms with E-state index in [9.17, 15) is 18.0 Å². The van der Waals surface area contributed by atoms with Gasteiger partial charge in [-0.15, -0.1) is 0 Å². The highest BCUT2D eigenvalue weighted by Crippen LogP contribution is 2.41. The Bertz CT molecular complexity index is 1020. The maximum atomic E-state index is 12.7. The van der Waals surface area contributed by atoms with Crippen LogP contribution in [-0.4, -0.2) is 36.3 Å². The summed E-state index contributed by atoms with van der Waals surface area (Å²) in [7, 11) is -3.71. The number of carbonyl (C=O) groups excluding carboxylic acids is 1. The number of hydrogen-bond donors (Lipinski definition) is 1. The number of sulfonamides is 1. The molecule has 2 aromatic rings. The van der Waals surface area contributed by atoms with Crippen LogP contribution in [0, 0.1) is 0 Å². The van der Waals surface area contributed by atoms with Crippen molar-refractivity contribution in [2.75, 3.05) is 13.1 Å². The number of rotatable bonds is 8. The molecule has 0 bridgehead atoms. The smallest absolute Gasteiger partial charge is 0.251 e. The van der Waals surface area contributed by atoms with Gasteiger partial charge in [0, 0.05) is 25.4 Å². The summed E-state index contributed by atoms with van der Waals surface area (Å²) < 4.78 is 27.9. The molecule has 7 nitrogen and oxygen atoms in total. The van der Waals surface area contributed by atoms with E-state index in [0.717, 1.165) is 29.4 Å². The molecule has 0 spiro atoms. The molecule has 1 aromatic carbocycles. The number of hydrogen-bond acceptors (Lipinski definition) is 4. The van der Waals surface area contributed by atoms with Gasteiger partial charge in [0.15, 0.2) is 0 Å². The fourth-order valence-electron chi connectivity index (χ4n) is 3.73. The molecule has 8 heteroatoms. The second-order valence-corrected chi connectivity index (χ2v) is 9.21. The first kappa shape index (κ1) is 21.3. The lowest BCUT2D eigenvalue weighted by Crippen LogP contribution is -2.52. The largest absolute Gasteiger partial charge is 0.345 e. The molecule has 1 fully saturated rings. The molecule has 3 rings (SSSR count). The zero-order valence-electron chi connectivity index (χ0n) is 16.8. The summed E-state index contributed by atoms with van der Waals surface area (Å²) in [6.45, 7) is 3.95. The average Bonchev–Trinajstić information content (AvgIpc) is 2.67. The van der Waals surface area contributed by atoms with Crippen LogP contribution in [0.1, 0.15) is 38.7 Å². The lowest BCUT2D eigenvalue weighted by atomic mass is 9.72. The third-order valence-electron chi connectivity index (χ3n) is 5.53. The van der Waals surface area contributed by atoms with Gasteiger partial charge in [0.2, 0.25) is 15.9 Å².